The van der Waals surface area contributed by atoms with Crippen molar-refractivity contribution in [3.63, 3.8) is 0 Å². The van der Waals surface area contributed by atoms with E-state index in [2.05, 4.69) is 37.9 Å². The van der Waals surface area contributed by atoms with Gasteiger partial charge < -0.3 is 10.4 Å². The molecule has 0 aliphatic heterocycles. The molecule has 0 saturated heterocycles. The topological polar surface area (TPSA) is 58.0 Å². The SMILES string of the molecule is CC(C)(O)C(C)(C)Nc1ncncc1I. The lowest BCUT2D eigenvalue weighted by molar-refractivity contribution is 0.0238. The van der Waals surface area contributed by atoms with Gasteiger partial charge in [-0.25, -0.2) is 9.97 Å². The van der Waals surface area contributed by atoms with Crippen molar-refractivity contribution in [1.82, 2.24) is 9.97 Å². The van der Waals surface area contributed by atoms with E-state index in [9.17, 15) is 5.11 Å². The van der Waals surface area contributed by atoms with Crippen LogP contribution in [0.3, 0.4) is 0 Å². The predicted octanol–water partition coefficient (Wildman–Crippen LogP) is 2.04. The first kappa shape index (κ1) is 12.6. The molecule has 0 atom stereocenters. The lowest BCUT2D eigenvalue weighted by atomic mass is 9.86. The Morgan fingerprint density at radius 1 is 1.33 bits per heavy atom. The van der Waals surface area contributed by atoms with E-state index in [-0.39, 0.29) is 0 Å². The fourth-order valence-electron chi connectivity index (χ4n) is 0.854. The molecule has 0 radical (unpaired) electrons. The van der Waals surface area contributed by atoms with Crippen LogP contribution in [-0.4, -0.2) is 26.2 Å². The summed E-state index contributed by atoms with van der Waals surface area (Å²) in [5, 5.41) is 13.2. The number of anilines is 1. The number of halogens is 1. The number of nitrogens with zero attached hydrogens (tertiary/aromatic N) is 2. The van der Waals surface area contributed by atoms with Crippen LogP contribution in [0.2, 0.25) is 0 Å². The molecule has 5 heteroatoms. The van der Waals surface area contributed by atoms with Gasteiger partial charge in [0.25, 0.3) is 0 Å². The number of rotatable bonds is 3. The molecule has 0 unspecified atom stereocenters. The van der Waals surface area contributed by atoms with Gasteiger partial charge in [0.05, 0.1) is 14.7 Å². The first-order valence-corrected chi connectivity index (χ1v) is 5.78. The highest BCUT2D eigenvalue weighted by Crippen LogP contribution is 2.26. The summed E-state index contributed by atoms with van der Waals surface area (Å²) in [6.45, 7) is 7.42. The summed E-state index contributed by atoms with van der Waals surface area (Å²) in [6, 6.07) is 0. The summed E-state index contributed by atoms with van der Waals surface area (Å²) < 4.78 is 0.937. The molecule has 4 nitrogen and oxygen atoms in total. The summed E-state index contributed by atoms with van der Waals surface area (Å²) in [6.07, 6.45) is 3.22. The van der Waals surface area contributed by atoms with E-state index in [0.717, 1.165) is 9.39 Å². The Bertz CT molecular complexity index is 347. The van der Waals surface area contributed by atoms with Gasteiger partial charge in [0, 0.05) is 6.20 Å². The number of nitrogens with one attached hydrogen (secondary N) is 1. The molecule has 1 aromatic heterocycles. The van der Waals surface area contributed by atoms with Crippen LogP contribution in [0.1, 0.15) is 27.7 Å². The molecule has 0 saturated carbocycles. The predicted molar refractivity (Wildman–Crippen MR) is 68.7 cm³/mol. The van der Waals surface area contributed by atoms with Crippen LogP contribution in [0.4, 0.5) is 5.82 Å². The molecule has 2 N–H and O–H groups in total. The van der Waals surface area contributed by atoms with E-state index in [1.807, 2.05) is 13.8 Å². The van der Waals surface area contributed by atoms with E-state index in [1.54, 1.807) is 20.0 Å². The van der Waals surface area contributed by atoms with Crippen molar-refractivity contribution in [2.24, 2.45) is 0 Å². The van der Waals surface area contributed by atoms with Gasteiger partial charge in [-0.2, -0.15) is 0 Å². The number of aromatic nitrogens is 2. The second-order valence-electron chi connectivity index (χ2n) is 4.53. The van der Waals surface area contributed by atoms with Gasteiger partial charge in [-0.05, 0) is 50.3 Å². The van der Waals surface area contributed by atoms with Crippen LogP contribution in [0.15, 0.2) is 12.5 Å². The summed E-state index contributed by atoms with van der Waals surface area (Å²) in [5.74, 6) is 0.748. The molecule has 0 aromatic carbocycles. The number of aliphatic hydroxyl groups is 1. The fraction of sp³-hybridized carbons (Fsp3) is 0.600. The lowest BCUT2D eigenvalue weighted by Crippen LogP contribution is -2.51. The zero-order valence-electron chi connectivity index (χ0n) is 9.37. The quantitative estimate of drug-likeness (QED) is 0.837. The van der Waals surface area contributed by atoms with Gasteiger partial charge in [0.15, 0.2) is 0 Å². The Kier molecular flexibility index (Phi) is 3.55. The van der Waals surface area contributed by atoms with Crippen molar-refractivity contribution in [3.8, 4) is 0 Å². The monoisotopic (exact) mass is 321 g/mol. The zero-order valence-corrected chi connectivity index (χ0v) is 11.5. The van der Waals surface area contributed by atoms with E-state index < -0.39 is 11.1 Å². The minimum absolute atomic E-state index is 0.457. The van der Waals surface area contributed by atoms with Gasteiger partial charge in [0.1, 0.15) is 12.1 Å². The summed E-state index contributed by atoms with van der Waals surface area (Å²) in [4.78, 5) is 8.05. The van der Waals surface area contributed by atoms with Crippen molar-refractivity contribution in [2.45, 2.75) is 38.8 Å². The lowest BCUT2D eigenvalue weighted by Gasteiger charge is -2.38. The second kappa shape index (κ2) is 4.21. The largest absolute Gasteiger partial charge is 0.388 e. The molecule has 84 valence electrons. The van der Waals surface area contributed by atoms with Crippen molar-refractivity contribution in [2.75, 3.05) is 5.32 Å². The Balaban J connectivity index is 2.92. The molecule has 0 fully saturated rings. The van der Waals surface area contributed by atoms with Crippen LogP contribution in [-0.2, 0) is 0 Å². The van der Waals surface area contributed by atoms with Crippen LogP contribution >= 0.6 is 22.6 Å². The molecule has 0 bridgehead atoms. The van der Waals surface area contributed by atoms with Gasteiger partial charge >= 0.3 is 0 Å². The first-order valence-electron chi connectivity index (χ1n) is 4.70. The van der Waals surface area contributed by atoms with Gasteiger partial charge in [-0.1, -0.05) is 0 Å². The van der Waals surface area contributed by atoms with Crippen LogP contribution in [0.25, 0.3) is 0 Å². The molecule has 0 aliphatic carbocycles. The normalized spacial score (nSPS) is 12.7. The maximum atomic E-state index is 9.99. The van der Waals surface area contributed by atoms with Crippen molar-refractivity contribution in [1.29, 1.82) is 0 Å². The van der Waals surface area contributed by atoms with Gasteiger partial charge in [0.2, 0.25) is 0 Å². The zero-order chi connectivity index (χ0) is 11.7. The highest BCUT2D eigenvalue weighted by atomic mass is 127. The third-order valence-electron chi connectivity index (χ3n) is 2.63. The summed E-state index contributed by atoms with van der Waals surface area (Å²) in [7, 11) is 0. The third-order valence-corrected chi connectivity index (χ3v) is 3.42. The van der Waals surface area contributed by atoms with Crippen LogP contribution in [0.5, 0.6) is 0 Å². The Morgan fingerprint density at radius 3 is 2.40 bits per heavy atom. The molecular formula is C10H16IN3O. The van der Waals surface area contributed by atoms with E-state index in [4.69, 9.17) is 0 Å². The maximum Gasteiger partial charge on any atom is 0.143 e. The van der Waals surface area contributed by atoms with Gasteiger partial charge in [-0.15, -0.1) is 0 Å². The molecular weight excluding hydrogens is 305 g/mol. The first-order chi connectivity index (χ1) is 6.74. The molecule has 0 spiro atoms. The van der Waals surface area contributed by atoms with Crippen molar-refractivity contribution >= 4 is 28.4 Å². The number of hydrogen-bond acceptors (Lipinski definition) is 4. The maximum absolute atomic E-state index is 9.99. The molecule has 1 rings (SSSR count). The second-order valence-corrected chi connectivity index (χ2v) is 5.69. The van der Waals surface area contributed by atoms with Crippen LogP contribution in [0, 0.1) is 3.57 Å². The standard InChI is InChI=1S/C10H16IN3O/c1-9(2,10(3,4)15)14-8-7(11)5-12-6-13-8/h5-6,15H,1-4H3,(H,12,13,14). The molecule has 1 aromatic rings. The van der Waals surface area contributed by atoms with Crippen molar-refractivity contribution < 1.29 is 5.11 Å². The Morgan fingerprint density at radius 2 is 1.93 bits per heavy atom. The highest BCUT2D eigenvalue weighted by Gasteiger charge is 2.35. The fourth-order valence-corrected chi connectivity index (χ4v) is 1.29. The average Bonchev–Trinajstić information content (AvgIpc) is 2.06. The summed E-state index contributed by atoms with van der Waals surface area (Å²) in [5.41, 5.74) is -1.29. The number of hydrogen-bond donors (Lipinski definition) is 2. The summed E-state index contributed by atoms with van der Waals surface area (Å²) >= 11 is 2.16. The third kappa shape index (κ3) is 3.01. The van der Waals surface area contributed by atoms with Gasteiger partial charge in [-0.3, -0.25) is 0 Å². The molecule has 1 heterocycles. The van der Waals surface area contributed by atoms with E-state index in [1.165, 1.54) is 6.33 Å². The Hall–Kier alpha value is -0.430. The Labute approximate surface area is 104 Å². The minimum atomic E-state index is -0.832. The molecule has 0 aliphatic rings. The smallest absolute Gasteiger partial charge is 0.143 e. The van der Waals surface area contributed by atoms with Crippen LogP contribution < -0.4 is 5.32 Å². The molecule has 15 heavy (non-hydrogen) atoms. The molecule has 0 amide bonds. The average molecular weight is 321 g/mol. The minimum Gasteiger partial charge on any atom is -0.388 e. The van der Waals surface area contributed by atoms with Crippen molar-refractivity contribution in [3.05, 3.63) is 16.1 Å². The highest BCUT2D eigenvalue weighted by molar-refractivity contribution is 14.1. The van der Waals surface area contributed by atoms with E-state index >= 15 is 0 Å². The van der Waals surface area contributed by atoms with E-state index in [0.29, 0.717) is 0 Å².